The summed E-state index contributed by atoms with van der Waals surface area (Å²) in [5.41, 5.74) is 2.25. The highest BCUT2D eigenvalue weighted by atomic mass is 16.7. The summed E-state index contributed by atoms with van der Waals surface area (Å²) in [5, 5.41) is 3.40. The normalized spacial score (nSPS) is 18.1. The van der Waals surface area contributed by atoms with Crippen molar-refractivity contribution in [2.45, 2.75) is 13.8 Å². The molecule has 0 radical (unpaired) electrons. The lowest BCUT2D eigenvalue weighted by atomic mass is 10.1. The quantitative estimate of drug-likeness (QED) is 0.807. The number of nitrogens with one attached hydrogen (secondary N) is 1. The highest BCUT2D eigenvalue weighted by Crippen LogP contribution is 2.36. The standard InChI is InChI=1S/C16H13N5O3/c1-7-8(2)17-16(20-14(7)22)21-15-18-9(3)10-4-12-13(24-6-23-12)5-11(10)19-15/h4-5H,1,6H2,2-3H3,(H,18,19,20,21,22). The third kappa shape index (κ3) is 2.28. The molecule has 0 aliphatic carbocycles. The van der Waals surface area contributed by atoms with E-state index in [1.54, 1.807) is 13.0 Å². The molecule has 0 bridgehead atoms. The van der Waals surface area contributed by atoms with E-state index in [2.05, 4.69) is 31.8 Å². The van der Waals surface area contributed by atoms with E-state index < -0.39 is 0 Å². The topological polar surface area (TPSA) is 98.1 Å². The zero-order chi connectivity index (χ0) is 16.8. The van der Waals surface area contributed by atoms with E-state index in [9.17, 15) is 4.79 Å². The van der Waals surface area contributed by atoms with Crippen molar-refractivity contribution in [3.63, 3.8) is 0 Å². The van der Waals surface area contributed by atoms with Crippen LogP contribution in [0, 0.1) is 6.92 Å². The average Bonchev–Trinajstić information content (AvgIpc) is 2.98. The van der Waals surface area contributed by atoms with Crippen LogP contribution in [-0.4, -0.2) is 34.3 Å². The average molecular weight is 323 g/mol. The first kappa shape index (κ1) is 14.3. The number of hydrogen-bond donors (Lipinski definition) is 1. The van der Waals surface area contributed by atoms with Crippen LogP contribution in [0.25, 0.3) is 10.9 Å². The fraction of sp³-hybridized carbons (Fsp3) is 0.188. The predicted molar refractivity (Wildman–Crippen MR) is 87.9 cm³/mol. The van der Waals surface area contributed by atoms with Gasteiger partial charge >= 0.3 is 0 Å². The Bertz CT molecular complexity index is 977. The maximum Gasteiger partial charge on any atom is 0.259 e. The summed E-state index contributed by atoms with van der Waals surface area (Å²) in [6, 6.07) is 3.63. The number of nitrogens with zero attached hydrogens (tertiary/aromatic N) is 4. The SMILES string of the molecule is C=C1C(=O)N/C(=N\c2nc(C)c3cc4c(cc3n2)OCO4)N=C1C. The zero-order valence-corrected chi connectivity index (χ0v) is 13.1. The molecule has 24 heavy (non-hydrogen) atoms. The van der Waals surface area contributed by atoms with Gasteiger partial charge in [0, 0.05) is 11.5 Å². The van der Waals surface area contributed by atoms with Gasteiger partial charge in [0.15, 0.2) is 11.5 Å². The summed E-state index contributed by atoms with van der Waals surface area (Å²) >= 11 is 0. The van der Waals surface area contributed by atoms with Gasteiger partial charge in [-0.3, -0.25) is 10.1 Å². The number of carbonyl (C=O) groups excluding carboxylic acids is 1. The molecular formula is C16H13N5O3. The summed E-state index contributed by atoms with van der Waals surface area (Å²) < 4.78 is 10.7. The van der Waals surface area contributed by atoms with Crippen LogP contribution in [0.3, 0.4) is 0 Å². The first-order valence-corrected chi connectivity index (χ1v) is 7.24. The number of ether oxygens (including phenoxy) is 2. The second-order valence-corrected chi connectivity index (χ2v) is 5.40. The Balaban J connectivity index is 1.81. The Hall–Kier alpha value is -3.29. The first-order valence-electron chi connectivity index (χ1n) is 7.24. The van der Waals surface area contributed by atoms with Crippen molar-refractivity contribution < 1.29 is 14.3 Å². The van der Waals surface area contributed by atoms with Crippen LogP contribution >= 0.6 is 0 Å². The van der Waals surface area contributed by atoms with Crippen LogP contribution < -0.4 is 14.8 Å². The van der Waals surface area contributed by atoms with Gasteiger partial charge in [0.1, 0.15) is 0 Å². The van der Waals surface area contributed by atoms with E-state index in [0.717, 1.165) is 11.1 Å². The molecule has 2 aliphatic heterocycles. The fourth-order valence-corrected chi connectivity index (χ4v) is 2.45. The molecule has 3 heterocycles. The molecule has 0 atom stereocenters. The number of guanidine groups is 1. The van der Waals surface area contributed by atoms with Crippen molar-refractivity contribution in [1.82, 2.24) is 15.3 Å². The van der Waals surface area contributed by atoms with Gasteiger partial charge in [-0.15, -0.1) is 0 Å². The molecule has 1 amide bonds. The number of fused-ring (bicyclic) bond motifs is 2. The number of aliphatic imine (C=N–C) groups is 2. The Labute approximate surface area is 136 Å². The second kappa shape index (κ2) is 5.12. The van der Waals surface area contributed by atoms with Crippen molar-refractivity contribution in [2.75, 3.05) is 6.79 Å². The van der Waals surface area contributed by atoms with Crippen LogP contribution in [0.2, 0.25) is 0 Å². The number of rotatable bonds is 1. The molecule has 8 nitrogen and oxygen atoms in total. The highest BCUT2D eigenvalue weighted by molar-refractivity contribution is 6.29. The molecule has 1 aromatic carbocycles. The molecule has 0 unspecified atom stereocenters. The van der Waals surface area contributed by atoms with Gasteiger partial charge < -0.3 is 9.47 Å². The Morgan fingerprint density at radius 2 is 1.96 bits per heavy atom. The van der Waals surface area contributed by atoms with Crippen LogP contribution in [0.5, 0.6) is 11.5 Å². The summed E-state index contributed by atoms with van der Waals surface area (Å²) in [6.07, 6.45) is 0. The Morgan fingerprint density at radius 1 is 1.21 bits per heavy atom. The first-order chi connectivity index (χ1) is 11.5. The lowest BCUT2D eigenvalue weighted by Gasteiger charge is -2.13. The summed E-state index contributed by atoms with van der Waals surface area (Å²) in [5.74, 6) is 1.33. The maximum atomic E-state index is 11.8. The third-order valence-corrected chi connectivity index (χ3v) is 3.78. The smallest absolute Gasteiger partial charge is 0.259 e. The van der Waals surface area contributed by atoms with Crippen LogP contribution in [0.4, 0.5) is 5.95 Å². The maximum absolute atomic E-state index is 11.8. The van der Waals surface area contributed by atoms with E-state index in [-0.39, 0.29) is 24.6 Å². The molecule has 1 aromatic heterocycles. The van der Waals surface area contributed by atoms with Gasteiger partial charge in [-0.05, 0) is 19.9 Å². The van der Waals surface area contributed by atoms with E-state index >= 15 is 0 Å². The number of aryl methyl sites for hydroxylation is 1. The lowest BCUT2D eigenvalue weighted by Crippen LogP contribution is -2.37. The van der Waals surface area contributed by atoms with Gasteiger partial charge in [-0.25, -0.2) is 15.0 Å². The van der Waals surface area contributed by atoms with Crippen LogP contribution in [-0.2, 0) is 4.79 Å². The van der Waals surface area contributed by atoms with Gasteiger partial charge in [0.2, 0.25) is 12.8 Å². The molecule has 0 saturated carbocycles. The van der Waals surface area contributed by atoms with Gasteiger partial charge in [-0.1, -0.05) is 6.58 Å². The Morgan fingerprint density at radius 3 is 2.71 bits per heavy atom. The third-order valence-electron chi connectivity index (χ3n) is 3.78. The number of benzene rings is 1. The minimum Gasteiger partial charge on any atom is -0.454 e. The number of aromatic nitrogens is 2. The largest absolute Gasteiger partial charge is 0.454 e. The van der Waals surface area contributed by atoms with Gasteiger partial charge in [-0.2, -0.15) is 4.99 Å². The second-order valence-electron chi connectivity index (χ2n) is 5.40. The minimum absolute atomic E-state index is 0.143. The Kier molecular flexibility index (Phi) is 3.05. The number of hydrogen-bond acceptors (Lipinski definition) is 6. The molecule has 0 fully saturated rings. The fourth-order valence-electron chi connectivity index (χ4n) is 2.45. The number of carbonyl (C=O) groups is 1. The van der Waals surface area contributed by atoms with Crippen molar-refractivity contribution in [3.05, 3.63) is 30.0 Å². The molecule has 2 aliphatic rings. The van der Waals surface area contributed by atoms with E-state index in [1.165, 1.54) is 0 Å². The zero-order valence-electron chi connectivity index (χ0n) is 13.1. The summed E-state index contributed by atoms with van der Waals surface area (Å²) in [6.45, 7) is 7.39. The monoisotopic (exact) mass is 323 g/mol. The summed E-state index contributed by atoms with van der Waals surface area (Å²) in [7, 11) is 0. The van der Waals surface area contributed by atoms with E-state index in [4.69, 9.17) is 9.47 Å². The lowest BCUT2D eigenvalue weighted by molar-refractivity contribution is -0.115. The predicted octanol–water partition coefficient (Wildman–Crippen LogP) is 1.80. The molecule has 2 aromatic rings. The molecule has 4 rings (SSSR count). The van der Waals surface area contributed by atoms with Gasteiger partial charge in [0.05, 0.1) is 22.5 Å². The van der Waals surface area contributed by atoms with Crippen molar-refractivity contribution in [1.29, 1.82) is 0 Å². The van der Waals surface area contributed by atoms with E-state index in [1.807, 2.05) is 13.0 Å². The van der Waals surface area contributed by atoms with Crippen LogP contribution in [0.1, 0.15) is 12.6 Å². The minimum atomic E-state index is -0.331. The van der Waals surface area contributed by atoms with Crippen molar-refractivity contribution >= 4 is 34.4 Å². The molecule has 120 valence electrons. The van der Waals surface area contributed by atoms with E-state index in [0.29, 0.717) is 28.3 Å². The van der Waals surface area contributed by atoms with Crippen molar-refractivity contribution in [2.24, 2.45) is 9.98 Å². The number of amides is 1. The molecule has 1 N–H and O–H groups in total. The van der Waals surface area contributed by atoms with Gasteiger partial charge in [0.25, 0.3) is 11.9 Å². The molecule has 8 heteroatoms. The molecule has 0 spiro atoms. The van der Waals surface area contributed by atoms with Crippen LogP contribution in [0.15, 0.2) is 34.3 Å². The molecule has 0 saturated heterocycles. The highest BCUT2D eigenvalue weighted by Gasteiger charge is 2.20. The summed E-state index contributed by atoms with van der Waals surface area (Å²) in [4.78, 5) is 28.9. The molecular weight excluding hydrogens is 310 g/mol. The van der Waals surface area contributed by atoms with Crippen molar-refractivity contribution in [3.8, 4) is 11.5 Å².